The zero-order valence-electron chi connectivity index (χ0n) is 17.1. The lowest BCUT2D eigenvalue weighted by atomic mass is 10.0. The summed E-state index contributed by atoms with van der Waals surface area (Å²) >= 11 is 5.37. The summed E-state index contributed by atoms with van der Waals surface area (Å²) in [6.07, 6.45) is 2.45. The molecule has 152 valence electrons. The highest BCUT2D eigenvalue weighted by atomic mass is 32.1. The van der Waals surface area contributed by atoms with Crippen molar-refractivity contribution in [2.45, 2.75) is 52.6 Å². The quantitative estimate of drug-likeness (QED) is 0.697. The summed E-state index contributed by atoms with van der Waals surface area (Å²) in [4.78, 5) is 15.0. The molecule has 1 aliphatic heterocycles. The molecular formula is C21H31N5OS. The summed E-state index contributed by atoms with van der Waals surface area (Å²) in [6, 6.07) is 8.44. The number of benzene rings is 1. The summed E-state index contributed by atoms with van der Waals surface area (Å²) in [5.74, 6) is 1.55. The number of nitrogens with zero attached hydrogens (tertiary/aromatic N) is 3. The monoisotopic (exact) mass is 401 g/mol. The lowest BCUT2D eigenvalue weighted by molar-refractivity contribution is -0.122. The van der Waals surface area contributed by atoms with Gasteiger partial charge in [-0.2, -0.15) is 5.10 Å². The van der Waals surface area contributed by atoms with Crippen molar-refractivity contribution in [3.05, 3.63) is 34.6 Å². The smallest absolute Gasteiger partial charge is 0.222 e. The van der Waals surface area contributed by atoms with Gasteiger partial charge >= 0.3 is 0 Å². The van der Waals surface area contributed by atoms with E-state index < -0.39 is 0 Å². The van der Waals surface area contributed by atoms with Gasteiger partial charge in [0, 0.05) is 44.2 Å². The summed E-state index contributed by atoms with van der Waals surface area (Å²) in [7, 11) is 0. The van der Waals surface area contributed by atoms with Crippen molar-refractivity contribution in [3.63, 3.8) is 0 Å². The van der Waals surface area contributed by atoms with Gasteiger partial charge in [0.15, 0.2) is 10.6 Å². The largest absolute Gasteiger partial charge is 0.353 e. The second-order valence-corrected chi connectivity index (χ2v) is 8.54. The van der Waals surface area contributed by atoms with Gasteiger partial charge in [-0.15, -0.1) is 0 Å². The highest BCUT2D eigenvalue weighted by Gasteiger charge is 2.21. The number of hydrogen-bond acceptors (Lipinski definition) is 4. The van der Waals surface area contributed by atoms with Crippen LogP contribution in [-0.2, 0) is 11.3 Å². The first kappa shape index (κ1) is 20.7. The van der Waals surface area contributed by atoms with Crippen molar-refractivity contribution in [2.24, 2.45) is 5.92 Å². The summed E-state index contributed by atoms with van der Waals surface area (Å²) in [5, 5.41) is 10.4. The van der Waals surface area contributed by atoms with E-state index in [1.807, 2.05) is 16.7 Å². The zero-order valence-corrected chi connectivity index (χ0v) is 17.9. The highest BCUT2D eigenvalue weighted by molar-refractivity contribution is 7.71. The number of aromatic amines is 1. The molecule has 1 fully saturated rings. The molecule has 0 unspecified atom stereocenters. The highest BCUT2D eigenvalue weighted by Crippen LogP contribution is 2.18. The van der Waals surface area contributed by atoms with E-state index in [2.05, 4.69) is 53.3 Å². The Morgan fingerprint density at radius 1 is 1.29 bits per heavy atom. The van der Waals surface area contributed by atoms with Gasteiger partial charge in [-0.1, -0.05) is 43.7 Å². The van der Waals surface area contributed by atoms with Crippen molar-refractivity contribution < 1.29 is 4.79 Å². The standard InChI is InChI=1S/C21H31N5OS/c1-15(2)14-25-11-8-18(9-12-25)22-19(27)10-13-26-20(23-24-21(26)28)17-6-4-16(3)5-7-17/h4-7,15,18H,8-14H2,1-3H3,(H,22,27)(H,24,28). The fourth-order valence-corrected chi connectivity index (χ4v) is 3.96. The third-order valence-corrected chi connectivity index (χ3v) is 5.52. The maximum absolute atomic E-state index is 12.5. The molecule has 0 saturated carbocycles. The molecule has 2 aromatic rings. The first-order chi connectivity index (χ1) is 13.4. The third kappa shape index (κ3) is 5.52. The predicted molar refractivity (Wildman–Crippen MR) is 115 cm³/mol. The first-order valence-corrected chi connectivity index (χ1v) is 10.6. The van der Waals surface area contributed by atoms with Crippen molar-refractivity contribution in [2.75, 3.05) is 19.6 Å². The van der Waals surface area contributed by atoms with Crippen LogP contribution in [0, 0.1) is 17.6 Å². The van der Waals surface area contributed by atoms with Crippen LogP contribution in [0.2, 0.25) is 0 Å². The van der Waals surface area contributed by atoms with E-state index >= 15 is 0 Å². The summed E-state index contributed by atoms with van der Waals surface area (Å²) in [6.45, 7) is 10.3. The van der Waals surface area contributed by atoms with Crippen LogP contribution in [0.15, 0.2) is 24.3 Å². The number of H-pyrrole nitrogens is 1. The Balaban J connectivity index is 1.52. The Bertz CT molecular complexity index is 831. The van der Waals surface area contributed by atoms with Gasteiger partial charge in [0.1, 0.15) is 0 Å². The molecule has 6 nitrogen and oxygen atoms in total. The third-order valence-electron chi connectivity index (χ3n) is 5.21. The van der Waals surface area contributed by atoms with Crippen LogP contribution in [0.5, 0.6) is 0 Å². The number of amides is 1. The molecular weight excluding hydrogens is 370 g/mol. The Hall–Kier alpha value is -1.99. The maximum atomic E-state index is 12.5. The van der Waals surface area contributed by atoms with Gasteiger partial charge in [-0.25, -0.2) is 0 Å². The van der Waals surface area contributed by atoms with Gasteiger partial charge in [0.2, 0.25) is 5.91 Å². The molecule has 1 saturated heterocycles. The lowest BCUT2D eigenvalue weighted by Gasteiger charge is -2.33. The molecule has 0 atom stereocenters. The van der Waals surface area contributed by atoms with Gasteiger partial charge < -0.3 is 10.2 Å². The molecule has 7 heteroatoms. The van der Waals surface area contributed by atoms with Crippen molar-refractivity contribution in [1.82, 2.24) is 25.0 Å². The number of carbonyl (C=O) groups is 1. The van der Waals surface area contributed by atoms with Gasteiger partial charge in [0.25, 0.3) is 0 Å². The van der Waals surface area contributed by atoms with E-state index in [0.29, 0.717) is 23.7 Å². The number of aryl methyl sites for hydroxylation is 1. The second kappa shape index (κ2) is 9.47. The second-order valence-electron chi connectivity index (χ2n) is 8.16. The fourth-order valence-electron chi connectivity index (χ4n) is 3.74. The van der Waals surface area contributed by atoms with E-state index in [1.165, 1.54) is 5.56 Å². The van der Waals surface area contributed by atoms with Crippen molar-refractivity contribution in [3.8, 4) is 11.4 Å². The molecule has 0 spiro atoms. The number of hydrogen-bond donors (Lipinski definition) is 2. The Labute approximate surface area is 172 Å². The number of nitrogens with one attached hydrogen (secondary N) is 2. The molecule has 0 aliphatic carbocycles. The molecule has 2 heterocycles. The zero-order chi connectivity index (χ0) is 20.1. The molecule has 3 rings (SSSR count). The van der Waals surface area contributed by atoms with Crippen LogP contribution in [-0.4, -0.2) is 51.2 Å². The van der Waals surface area contributed by atoms with Crippen molar-refractivity contribution >= 4 is 18.1 Å². The summed E-state index contributed by atoms with van der Waals surface area (Å²) in [5.41, 5.74) is 2.19. The van der Waals surface area contributed by atoms with Crippen LogP contribution in [0.3, 0.4) is 0 Å². The minimum absolute atomic E-state index is 0.0836. The van der Waals surface area contributed by atoms with Crippen LogP contribution < -0.4 is 5.32 Å². The number of rotatable bonds is 7. The topological polar surface area (TPSA) is 66.0 Å². The predicted octanol–water partition coefficient (Wildman–Crippen LogP) is 3.54. The Morgan fingerprint density at radius 3 is 2.61 bits per heavy atom. The number of aromatic nitrogens is 3. The van der Waals surface area contributed by atoms with Gasteiger partial charge in [-0.05, 0) is 37.9 Å². The average molecular weight is 402 g/mol. The van der Waals surface area contributed by atoms with Gasteiger partial charge in [0.05, 0.1) is 0 Å². The van der Waals surface area contributed by atoms with Gasteiger partial charge in [-0.3, -0.25) is 14.5 Å². The summed E-state index contributed by atoms with van der Waals surface area (Å²) < 4.78 is 2.45. The van der Waals surface area contributed by atoms with E-state index in [9.17, 15) is 4.79 Å². The Morgan fingerprint density at radius 2 is 1.96 bits per heavy atom. The minimum atomic E-state index is 0.0836. The van der Waals surface area contributed by atoms with Crippen molar-refractivity contribution in [1.29, 1.82) is 0 Å². The molecule has 0 radical (unpaired) electrons. The van der Waals surface area contributed by atoms with Crippen LogP contribution >= 0.6 is 12.2 Å². The number of piperidine rings is 1. The molecule has 28 heavy (non-hydrogen) atoms. The molecule has 2 N–H and O–H groups in total. The minimum Gasteiger partial charge on any atom is -0.353 e. The van der Waals surface area contributed by atoms with Crippen LogP contribution in [0.1, 0.15) is 38.7 Å². The van der Waals surface area contributed by atoms with E-state index in [0.717, 1.165) is 43.9 Å². The number of likely N-dealkylation sites (tertiary alicyclic amines) is 1. The molecule has 1 amide bonds. The van der Waals surface area contributed by atoms with E-state index in [4.69, 9.17) is 12.2 Å². The van der Waals surface area contributed by atoms with Crippen LogP contribution in [0.25, 0.3) is 11.4 Å². The first-order valence-electron chi connectivity index (χ1n) is 10.2. The molecule has 1 aromatic heterocycles. The Kier molecular flexibility index (Phi) is 7.02. The molecule has 1 aromatic carbocycles. The molecule has 1 aliphatic rings. The number of carbonyl (C=O) groups excluding carboxylic acids is 1. The lowest BCUT2D eigenvalue weighted by Crippen LogP contribution is -2.45. The van der Waals surface area contributed by atoms with Crippen LogP contribution in [0.4, 0.5) is 0 Å². The van der Waals surface area contributed by atoms with E-state index in [1.54, 1.807) is 0 Å². The normalized spacial score (nSPS) is 15.9. The van der Waals surface area contributed by atoms with E-state index in [-0.39, 0.29) is 11.9 Å². The SMILES string of the molecule is Cc1ccc(-c2n[nH]c(=S)n2CCC(=O)NC2CCN(CC(C)C)CC2)cc1. The average Bonchev–Trinajstić information content (AvgIpc) is 3.02. The maximum Gasteiger partial charge on any atom is 0.222 e. The molecule has 0 bridgehead atoms. The fraction of sp³-hybridized carbons (Fsp3) is 0.571.